The van der Waals surface area contributed by atoms with Gasteiger partial charge >= 0.3 is 5.69 Å². The lowest BCUT2D eigenvalue weighted by molar-refractivity contribution is -0.135. The molecule has 0 aliphatic carbocycles. The van der Waals surface area contributed by atoms with Crippen LogP contribution >= 0.6 is 0 Å². The number of imide groups is 1. The topological polar surface area (TPSA) is 114 Å². The van der Waals surface area contributed by atoms with E-state index in [0.717, 1.165) is 37.7 Å². The van der Waals surface area contributed by atoms with Crippen molar-refractivity contribution in [1.82, 2.24) is 29.7 Å². The van der Waals surface area contributed by atoms with Gasteiger partial charge in [0.15, 0.2) is 0 Å². The van der Waals surface area contributed by atoms with Crippen molar-refractivity contribution in [2.24, 2.45) is 12.5 Å². The third-order valence-corrected chi connectivity index (χ3v) is 6.94. The Bertz CT molecular complexity index is 1450. The number of carbonyl (C=O) groups is 2. The fourth-order valence-electron chi connectivity index (χ4n) is 4.97. The second kappa shape index (κ2) is 7.53. The maximum absolute atomic E-state index is 12.9. The molecule has 172 valence electrons. The summed E-state index contributed by atoms with van der Waals surface area (Å²) >= 11 is 0. The number of fused-ring (bicyclic) bond motifs is 1. The average molecular weight is 457 g/mol. The van der Waals surface area contributed by atoms with Crippen LogP contribution in [-0.4, -0.2) is 57.1 Å². The number of aryl methyl sites for hydroxylation is 1. The Kier molecular flexibility index (Phi) is 4.57. The van der Waals surface area contributed by atoms with E-state index in [1.807, 2.05) is 12.1 Å². The zero-order valence-corrected chi connectivity index (χ0v) is 18.7. The molecule has 2 amide bonds. The summed E-state index contributed by atoms with van der Waals surface area (Å²) < 4.78 is 2.96. The molecule has 0 saturated carbocycles. The van der Waals surface area contributed by atoms with E-state index in [-0.39, 0.29) is 18.0 Å². The van der Waals surface area contributed by atoms with Crippen LogP contribution in [0, 0.1) is 17.3 Å². The number of amides is 2. The van der Waals surface area contributed by atoms with Gasteiger partial charge in [0.1, 0.15) is 6.04 Å². The summed E-state index contributed by atoms with van der Waals surface area (Å²) in [5.41, 5.74) is 2.86. The monoisotopic (exact) mass is 457 g/mol. The van der Waals surface area contributed by atoms with Gasteiger partial charge in [0, 0.05) is 63.0 Å². The normalized spacial score (nSPS) is 21.0. The molecule has 3 aliphatic heterocycles. The molecular weight excluding hydrogens is 434 g/mol. The smallest absolute Gasteiger partial charge is 0.329 e. The van der Waals surface area contributed by atoms with Crippen LogP contribution in [-0.2, 0) is 16.6 Å². The van der Waals surface area contributed by atoms with E-state index >= 15 is 0 Å². The Labute approximate surface area is 195 Å². The first-order chi connectivity index (χ1) is 16.4. The first-order valence-electron chi connectivity index (χ1n) is 11.3. The summed E-state index contributed by atoms with van der Waals surface area (Å²) in [6, 6.07) is 4.73. The molecule has 1 atom stereocenters. The Morgan fingerprint density at radius 3 is 2.44 bits per heavy atom. The molecule has 10 nitrogen and oxygen atoms in total. The summed E-state index contributed by atoms with van der Waals surface area (Å²) in [6.45, 7) is 4.12. The number of hydrogen-bond donors (Lipinski definition) is 2. The van der Waals surface area contributed by atoms with Crippen molar-refractivity contribution in [3.63, 3.8) is 0 Å². The minimum atomic E-state index is -0.705. The number of piperidine rings is 1. The molecule has 0 bridgehead atoms. The lowest BCUT2D eigenvalue weighted by atomic mass is 9.75. The van der Waals surface area contributed by atoms with Crippen molar-refractivity contribution < 1.29 is 9.59 Å². The first-order valence-corrected chi connectivity index (χ1v) is 11.3. The van der Waals surface area contributed by atoms with Crippen molar-refractivity contribution in [1.29, 1.82) is 0 Å². The predicted molar refractivity (Wildman–Crippen MR) is 124 cm³/mol. The third-order valence-electron chi connectivity index (χ3n) is 6.94. The summed E-state index contributed by atoms with van der Waals surface area (Å²) in [4.78, 5) is 47.8. The number of anilines is 1. The minimum Gasteiger partial charge on any atom is -0.339 e. The minimum absolute atomic E-state index is 0.208. The van der Waals surface area contributed by atoms with E-state index in [1.165, 1.54) is 9.13 Å². The first kappa shape index (κ1) is 20.6. The largest absolute Gasteiger partial charge is 0.339 e. The molecule has 10 heteroatoms. The zero-order chi connectivity index (χ0) is 23.4. The van der Waals surface area contributed by atoms with Crippen molar-refractivity contribution in [3.8, 4) is 11.8 Å². The van der Waals surface area contributed by atoms with E-state index in [1.54, 1.807) is 25.5 Å². The quantitative estimate of drug-likeness (QED) is 0.409. The van der Waals surface area contributed by atoms with Gasteiger partial charge in [-0.3, -0.25) is 24.0 Å². The number of imidazole rings is 1. The molecule has 1 unspecified atom stereocenters. The Hall–Kier alpha value is -3.97. The number of aromatic nitrogens is 4. The molecule has 6 rings (SSSR count). The third kappa shape index (κ3) is 3.28. The van der Waals surface area contributed by atoms with Crippen LogP contribution in [0.15, 0.2) is 35.4 Å². The van der Waals surface area contributed by atoms with Gasteiger partial charge in [-0.15, -0.1) is 0 Å². The van der Waals surface area contributed by atoms with Gasteiger partial charge in [0.05, 0.1) is 16.6 Å². The van der Waals surface area contributed by atoms with Gasteiger partial charge in [-0.05, 0) is 24.6 Å². The SMILES string of the molecule is Cn1c(=O)n(C2CCC(=O)NC2=O)c2ccc(C#Cc3cnc(N4CC5(CNC5)C4)nc3)cc21. The van der Waals surface area contributed by atoms with E-state index in [4.69, 9.17) is 0 Å². The van der Waals surface area contributed by atoms with E-state index in [2.05, 4.69) is 37.3 Å². The molecule has 3 fully saturated rings. The number of hydrogen-bond acceptors (Lipinski definition) is 7. The van der Waals surface area contributed by atoms with Gasteiger partial charge < -0.3 is 10.2 Å². The van der Waals surface area contributed by atoms with Crippen LogP contribution in [0.25, 0.3) is 11.0 Å². The summed E-state index contributed by atoms with van der Waals surface area (Å²) in [6.07, 6.45) is 3.97. The highest BCUT2D eigenvalue weighted by Crippen LogP contribution is 2.35. The fraction of sp³-hybridized carbons (Fsp3) is 0.375. The highest BCUT2D eigenvalue weighted by molar-refractivity contribution is 6.00. The van der Waals surface area contributed by atoms with E-state index in [0.29, 0.717) is 28.4 Å². The second-order valence-corrected chi connectivity index (χ2v) is 9.36. The lowest BCUT2D eigenvalue weighted by Gasteiger charge is -2.55. The van der Waals surface area contributed by atoms with E-state index < -0.39 is 11.9 Å². The molecule has 3 aliphatic rings. The Morgan fingerprint density at radius 2 is 1.76 bits per heavy atom. The molecule has 3 aromatic rings. The van der Waals surface area contributed by atoms with Crippen LogP contribution in [0.5, 0.6) is 0 Å². The second-order valence-electron chi connectivity index (χ2n) is 9.36. The molecule has 3 saturated heterocycles. The molecule has 1 spiro atoms. The molecule has 2 N–H and O–H groups in total. The summed E-state index contributed by atoms with van der Waals surface area (Å²) in [7, 11) is 1.66. The van der Waals surface area contributed by atoms with Crippen LogP contribution in [0.3, 0.4) is 0 Å². The molecule has 5 heterocycles. The van der Waals surface area contributed by atoms with Gasteiger partial charge in [-0.1, -0.05) is 11.8 Å². The molecule has 34 heavy (non-hydrogen) atoms. The molecular formula is C24H23N7O3. The van der Waals surface area contributed by atoms with Crippen molar-refractivity contribution >= 4 is 28.8 Å². The maximum Gasteiger partial charge on any atom is 0.329 e. The summed E-state index contributed by atoms with van der Waals surface area (Å²) in [5, 5.41) is 5.64. The fourth-order valence-corrected chi connectivity index (χ4v) is 4.97. The highest BCUT2D eigenvalue weighted by Gasteiger charge is 2.48. The number of nitrogens with zero attached hydrogens (tertiary/aromatic N) is 5. The summed E-state index contributed by atoms with van der Waals surface area (Å²) in [5.74, 6) is 6.17. The maximum atomic E-state index is 12.9. The van der Waals surface area contributed by atoms with Crippen LogP contribution < -0.4 is 21.2 Å². The molecule has 1 aromatic carbocycles. The zero-order valence-electron chi connectivity index (χ0n) is 18.7. The Balaban J connectivity index is 1.23. The highest BCUT2D eigenvalue weighted by atomic mass is 16.2. The number of benzene rings is 1. The van der Waals surface area contributed by atoms with Crippen molar-refractivity contribution in [2.45, 2.75) is 18.9 Å². The van der Waals surface area contributed by atoms with Crippen LogP contribution in [0.2, 0.25) is 0 Å². The van der Waals surface area contributed by atoms with Gasteiger partial charge in [-0.25, -0.2) is 14.8 Å². The molecule has 0 radical (unpaired) electrons. The standard InChI is InChI=1S/C24H23N7O3/c1-29-19-8-15(4-5-17(19)31(23(29)34)18-6-7-20(32)28-21(18)33)2-3-16-9-26-22(27-10-16)30-13-24(14-30)11-25-12-24/h4-5,8-10,18,25H,6-7,11-14H2,1H3,(H,28,32,33). The average Bonchev–Trinajstić information content (AvgIpc) is 3.01. The number of carbonyl (C=O) groups excluding carboxylic acids is 2. The predicted octanol–water partition coefficient (Wildman–Crippen LogP) is -0.0829. The van der Waals surface area contributed by atoms with Crippen molar-refractivity contribution in [2.75, 3.05) is 31.1 Å². The number of nitrogens with one attached hydrogen (secondary N) is 2. The van der Waals surface area contributed by atoms with Gasteiger partial charge in [-0.2, -0.15) is 0 Å². The van der Waals surface area contributed by atoms with Crippen LogP contribution in [0.4, 0.5) is 5.95 Å². The molecule has 2 aromatic heterocycles. The van der Waals surface area contributed by atoms with E-state index in [9.17, 15) is 14.4 Å². The van der Waals surface area contributed by atoms with Gasteiger partial charge in [0.25, 0.3) is 0 Å². The number of rotatable bonds is 2. The van der Waals surface area contributed by atoms with Crippen molar-refractivity contribution in [3.05, 3.63) is 52.2 Å². The Morgan fingerprint density at radius 1 is 1.03 bits per heavy atom. The van der Waals surface area contributed by atoms with Crippen LogP contribution in [0.1, 0.15) is 30.0 Å². The lowest BCUT2D eigenvalue weighted by Crippen LogP contribution is -2.71. The van der Waals surface area contributed by atoms with Gasteiger partial charge in [0.2, 0.25) is 17.8 Å².